The van der Waals surface area contributed by atoms with Gasteiger partial charge in [0.1, 0.15) is 12.2 Å². The van der Waals surface area contributed by atoms with Crippen LogP contribution in [0.15, 0.2) is 60.7 Å². The van der Waals surface area contributed by atoms with E-state index in [4.69, 9.17) is 15.9 Å². The van der Waals surface area contributed by atoms with Crippen LogP contribution in [0.4, 0.5) is 10.5 Å². The Bertz CT molecular complexity index is 1310. The van der Waals surface area contributed by atoms with Crippen LogP contribution < -0.4 is 4.90 Å². The number of ether oxygens (including phenoxy) is 2. The van der Waals surface area contributed by atoms with Gasteiger partial charge in [0.25, 0.3) is 0 Å². The molecular formula is C31H31NO4. The van der Waals surface area contributed by atoms with Gasteiger partial charge in [0, 0.05) is 18.5 Å². The molecular weight excluding hydrogens is 450 g/mol. The average Bonchev–Trinajstić information content (AvgIpc) is 3.15. The molecule has 5 heteroatoms. The fourth-order valence-electron chi connectivity index (χ4n) is 4.69. The second-order valence-electron chi connectivity index (χ2n) is 10.1. The lowest BCUT2D eigenvalue weighted by Crippen LogP contribution is -2.29. The van der Waals surface area contributed by atoms with E-state index in [0.717, 1.165) is 16.7 Å². The highest BCUT2D eigenvalue weighted by atomic mass is 16.6. The highest BCUT2D eigenvalue weighted by Gasteiger charge is 2.30. The van der Waals surface area contributed by atoms with Crippen molar-refractivity contribution in [3.05, 3.63) is 88.5 Å². The molecule has 0 aliphatic heterocycles. The van der Waals surface area contributed by atoms with Gasteiger partial charge in [-0.2, -0.15) is 0 Å². The molecule has 0 radical (unpaired) electrons. The number of benzene rings is 3. The number of terminal acetylenes is 1. The van der Waals surface area contributed by atoms with Crippen molar-refractivity contribution < 1.29 is 19.1 Å². The van der Waals surface area contributed by atoms with E-state index in [9.17, 15) is 9.59 Å². The predicted molar refractivity (Wildman–Crippen MR) is 142 cm³/mol. The molecule has 3 aromatic carbocycles. The summed E-state index contributed by atoms with van der Waals surface area (Å²) >= 11 is 0. The third-order valence-electron chi connectivity index (χ3n) is 6.34. The van der Waals surface area contributed by atoms with Crippen molar-refractivity contribution in [1.29, 1.82) is 0 Å². The second kappa shape index (κ2) is 9.91. The zero-order chi connectivity index (χ0) is 26.0. The smallest absolute Gasteiger partial charge is 0.414 e. The Labute approximate surface area is 213 Å². The fraction of sp³-hybridized carbons (Fsp3) is 0.290. The lowest BCUT2D eigenvalue weighted by Gasteiger charge is -2.23. The maximum absolute atomic E-state index is 13.2. The maximum Gasteiger partial charge on any atom is 0.414 e. The van der Waals surface area contributed by atoms with Crippen molar-refractivity contribution in [3.63, 3.8) is 0 Å². The van der Waals surface area contributed by atoms with Crippen LogP contribution in [0.25, 0.3) is 11.1 Å². The lowest BCUT2D eigenvalue weighted by molar-refractivity contribution is -0.153. The molecule has 0 saturated heterocycles. The topological polar surface area (TPSA) is 55.8 Å². The minimum absolute atomic E-state index is 0.0318. The van der Waals surface area contributed by atoms with Crippen molar-refractivity contribution in [2.75, 3.05) is 18.6 Å². The molecule has 1 amide bonds. The number of carbonyl (C=O) groups excluding carboxylic acids is 2. The Morgan fingerprint density at radius 2 is 1.58 bits per heavy atom. The number of rotatable bonds is 5. The minimum Gasteiger partial charge on any atom is -0.460 e. The Hall–Kier alpha value is -4.04. The van der Waals surface area contributed by atoms with E-state index >= 15 is 0 Å². The molecule has 0 heterocycles. The molecule has 4 rings (SSSR count). The van der Waals surface area contributed by atoms with Crippen molar-refractivity contribution in [1.82, 2.24) is 0 Å². The number of hydrogen-bond acceptors (Lipinski definition) is 4. The Morgan fingerprint density at radius 3 is 2.14 bits per heavy atom. The molecule has 0 bridgehead atoms. The number of fused-ring (bicyclic) bond motifs is 3. The van der Waals surface area contributed by atoms with Gasteiger partial charge in [-0.05, 0) is 73.2 Å². The molecule has 1 aliphatic rings. The number of amides is 1. The quantitative estimate of drug-likeness (QED) is 0.319. The van der Waals surface area contributed by atoms with Crippen molar-refractivity contribution in [2.45, 2.75) is 45.6 Å². The summed E-state index contributed by atoms with van der Waals surface area (Å²) in [6, 6.07) is 20.0. The molecule has 5 nitrogen and oxygen atoms in total. The maximum atomic E-state index is 13.2. The van der Waals surface area contributed by atoms with Gasteiger partial charge in [-0.3, -0.25) is 9.69 Å². The highest BCUT2D eigenvalue weighted by Crippen LogP contribution is 2.44. The Balaban J connectivity index is 1.53. The monoisotopic (exact) mass is 481 g/mol. The molecule has 0 saturated carbocycles. The molecule has 1 aliphatic carbocycles. The molecule has 0 N–H and O–H groups in total. The SMILES string of the molecule is C#Cc1cc(CC(=O)OC(C)(C)C)cc(N(C)C(=O)OCC2c3ccccc3-c3ccccc32)c1C. The van der Waals surface area contributed by atoms with Gasteiger partial charge in [0.05, 0.1) is 12.1 Å². The van der Waals surface area contributed by atoms with Gasteiger partial charge in [-0.1, -0.05) is 54.5 Å². The van der Waals surface area contributed by atoms with Crippen LogP contribution in [-0.4, -0.2) is 31.3 Å². The predicted octanol–water partition coefficient (Wildman–Crippen LogP) is 6.25. The summed E-state index contributed by atoms with van der Waals surface area (Å²) in [7, 11) is 1.65. The summed E-state index contributed by atoms with van der Waals surface area (Å²) in [5, 5.41) is 0. The highest BCUT2D eigenvalue weighted by molar-refractivity contribution is 5.89. The van der Waals surface area contributed by atoms with Crippen molar-refractivity contribution in [3.8, 4) is 23.5 Å². The number of carbonyl (C=O) groups is 2. The minimum atomic E-state index is -0.586. The van der Waals surface area contributed by atoms with E-state index in [0.29, 0.717) is 16.8 Å². The summed E-state index contributed by atoms with van der Waals surface area (Å²) in [5.74, 6) is 2.27. The van der Waals surface area contributed by atoms with E-state index in [-0.39, 0.29) is 24.9 Å². The Morgan fingerprint density at radius 1 is 1.00 bits per heavy atom. The first-order chi connectivity index (χ1) is 17.1. The van der Waals surface area contributed by atoms with Crippen molar-refractivity contribution >= 4 is 17.7 Å². The van der Waals surface area contributed by atoms with Gasteiger partial charge >= 0.3 is 12.1 Å². The van der Waals surface area contributed by atoms with E-state index in [1.807, 2.05) is 52.0 Å². The van der Waals surface area contributed by atoms with Gasteiger partial charge in [0.15, 0.2) is 0 Å². The van der Waals surface area contributed by atoms with Gasteiger partial charge in [-0.15, -0.1) is 6.42 Å². The zero-order valence-electron chi connectivity index (χ0n) is 21.4. The van der Waals surface area contributed by atoms with Crippen LogP contribution in [0, 0.1) is 19.3 Å². The van der Waals surface area contributed by atoms with Gasteiger partial charge in [-0.25, -0.2) is 4.79 Å². The molecule has 0 atom stereocenters. The molecule has 0 fully saturated rings. The molecule has 36 heavy (non-hydrogen) atoms. The summed E-state index contributed by atoms with van der Waals surface area (Å²) in [6.45, 7) is 7.54. The average molecular weight is 482 g/mol. The summed E-state index contributed by atoms with van der Waals surface area (Å²) in [4.78, 5) is 27.0. The summed E-state index contributed by atoms with van der Waals surface area (Å²) < 4.78 is 11.3. The lowest BCUT2D eigenvalue weighted by atomic mass is 9.98. The van der Waals surface area contributed by atoms with E-state index in [2.05, 4.69) is 30.2 Å². The van der Waals surface area contributed by atoms with Crippen LogP contribution in [0.5, 0.6) is 0 Å². The number of hydrogen-bond donors (Lipinski definition) is 0. The van der Waals surface area contributed by atoms with Crippen LogP contribution in [-0.2, 0) is 20.7 Å². The van der Waals surface area contributed by atoms with Crippen LogP contribution in [0.3, 0.4) is 0 Å². The molecule has 0 aromatic heterocycles. The van der Waals surface area contributed by atoms with Crippen molar-refractivity contribution in [2.24, 2.45) is 0 Å². The van der Waals surface area contributed by atoms with E-state index < -0.39 is 11.7 Å². The third kappa shape index (κ3) is 5.13. The number of esters is 1. The Kier molecular flexibility index (Phi) is 6.90. The number of nitrogens with zero attached hydrogens (tertiary/aromatic N) is 1. The van der Waals surface area contributed by atoms with Crippen LogP contribution >= 0.6 is 0 Å². The van der Waals surface area contributed by atoms with Gasteiger partial charge in [0.2, 0.25) is 0 Å². The molecule has 184 valence electrons. The standard InChI is InChI=1S/C31H31NO4/c1-7-22-16-21(18-29(33)36-31(3,4)5)17-28(20(22)2)32(6)30(34)35-19-27-25-14-10-8-12-23(25)24-13-9-11-15-26(24)27/h1,8-17,27H,18-19H2,2-6H3. The summed E-state index contributed by atoms with van der Waals surface area (Å²) in [6.07, 6.45) is 5.29. The third-order valence-corrected chi connectivity index (χ3v) is 6.34. The first-order valence-corrected chi connectivity index (χ1v) is 12.0. The van der Waals surface area contributed by atoms with Crippen LogP contribution in [0.1, 0.15) is 54.5 Å². The second-order valence-corrected chi connectivity index (χ2v) is 10.1. The van der Waals surface area contributed by atoms with E-state index in [1.54, 1.807) is 19.2 Å². The normalized spacial score (nSPS) is 12.3. The largest absolute Gasteiger partial charge is 0.460 e. The molecule has 0 spiro atoms. The van der Waals surface area contributed by atoms with E-state index in [1.165, 1.54) is 16.0 Å². The van der Waals surface area contributed by atoms with Crippen LogP contribution in [0.2, 0.25) is 0 Å². The number of anilines is 1. The molecule has 0 unspecified atom stereocenters. The first kappa shape index (κ1) is 25.1. The summed E-state index contributed by atoms with van der Waals surface area (Å²) in [5.41, 5.74) is 6.72. The fourth-order valence-corrected chi connectivity index (χ4v) is 4.69. The van der Waals surface area contributed by atoms with Gasteiger partial charge < -0.3 is 9.47 Å². The zero-order valence-corrected chi connectivity index (χ0v) is 21.4. The first-order valence-electron chi connectivity index (χ1n) is 12.0. The molecule has 3 aromatic rings.